The van der Waals surface area contributed by atoms with Crippen molar-refractivity contribution in [1.29, 1.82) is 0 Å². The van der Waals surface area contributed by atoms with Gasteiger partial charge in [0, 0.05) is 28.2 Å². The van der Waals surface area contributed by atoms with Gasteiger partial charge < -0.3 is 14.4 Å². The van der Waals surface area contributed by atoms with Crippen molar-refractivity contribution >= 4 is 16.9 Å². The summed E-state index contributed by atoms with van der Waals surface area (Å²) in [4.78, 5) is 11.4. The third-order valence-electron chi connectivity index (χ3n) is 4.80. The van der Waals surface area contributed by atoms with E-state index in [0.29, 0.717) is 22.2 Å². The molecule has 0 bridgehead atoms. The number of ether oxygens (including phenoxy) is 1. The minimum atomic E-state index is -1.04. The van der Waals surface area contributed by atoms with Gasteiger partial charge in [0.2, 0.25) is 0 Å². The number of halogens is 3. The van der Waals surface area contributed by atoms with Crippen LogP contribution in [-0.4, -0.2) is 15.6 Å². The minimum absolute atomic E-state index is 0.0442. The molecule has 0 saturated heterocycles. The van der Waals surface area contributed by atoms with E-state index in [9.17, 15) is 23.1 Å². The highest BCUT2D eigenvalue weighted by Gasteiger charge is 2.14. The zero-order valence-electron chi connectivity index (χ0n) is 15.6. The first kappa shape index (κ1) is 19.6. The molecule has 7 heteroatoms. The lowest BCUT2D eigenvalue weighted by Gasteiger charge is -2.14. The largest absolute Gasteiger partial charge is 0.488 e. The van der Waals surface area contributed by atoms with E-state index in [-0.39, 0.29) is 24.3 Å². The first-order chi connectivity index (χ1) is 14.4. The Morgan fingerprint density at radius 1 is 0.933 bits per heavy atom. The molecule has 30 heavy (non-hydrogen) atoms. The molecular formula is C23H16F3NO3. The predicted octanol–water partition coefficient (Wildman–Crippen LogP) is 5.38. The molecule has 0 atom stereocenters. The normalized spacial score (nSPS) is 11.0. The number of fused-ring (bicyclic) bond motifs is 1. The average molecular weight is 411 g/mol. The van der Waals surface area contributed by atoms with Gasteiger partial charge in [0.05, 0.1) is 12.1 Å². The number of rotatable bonds is 6. The number of nitrogens with zero attached hydrogens (tertiary/aromatic N) is 1. The van der Waals surface area contributed by atoms with Crippen LogP contribution in [0.25, 0.3) is 10.9 Å². The van der Waals surface area contributed by atoms with E-state index in [1.807, 2.05) is 0 Å². The quantitative estimate of drug-likeness (QED) is 0.463. The highest BCUT2D eigenvalue weighted by Crippen LogP contribution is 2.26. The fourth-order valence-corrected chi connectivity index (χ4v) is 3.35. The Morgan fingerprint density at radius 3 is 2.43 bits per heavy atom. The second-order valence-electron chi connectivity index (χ2n) is 6.76. The van der Waals surface area contributed by atoms with Crippen LogP contribution in [-0.2, 0) is 13.2 Å². The average Bonchev–Trinajstić information content (AvgIpc) is 3.12. The molecule has 3 aromatic carbocycles. The Labute approximate surface area is 169 Å². The lowest BCUT2D eigenvalue weighted by atomic mass is 10.1. The summed E-state index contributed by atoms with van der Waals surface area (Å²) in [7, 11) is 0. The van der Waals surface area contributed by atoms with Crippen LogP contribution in [0.3, 0.4) is 0 Å². The number of benzene rings is 3. The number of carbonyl (C=O) groups is 1. The van der Waals surface area contributed by atoms with E-state index >= 15 is 0 Å². The summed E-state index contributed by atoms with van der Waals surface area (Å²) in [6.45, 7) is -0.0247. The van der Waals surface area contributed by atoms with Gasteiger partial charge in [0.15, 0.2) is 0 Å². The van der Waals surface area contributed by atoms with Crippen LogP contribution in [0.2, 0.25) is 0 Å². The van der Waals surface area contributed by atoms with Gasteiger partial charge in [0.1, 0.15) is 29.8 Å². The summed E-state index contributed by atoms with van der Waals surface area (Å²) in [5, 5.41) is 9.91. The number of hydrogen-bond donors (Lipinski definition) is 1. The Morgan fingerprint density at radius 2 is 1.67 bits per heavy atom. The molecule has 152 valence electrons. The zero-order chi connectivity index (χ0) is 21.3. The highest BCUT2D eigenvalue weighted by molar-refractivity contribution is 6.03. The van der Waals surface area contributed by atoms with Crippen molar-refractivity contribution in [2.24, 2.45) is 0 Å². The first-order valence-electron chi connectivity index (χ1n) is 9.08. The van der Waals surface area contributed by atoms with E-state index < -0.39 is 23.4 Å². The molecule has 4 aromatic rings. The lowest BCUT2D eigenvalue weighted by molar-refractivity contribution is 0.0699. The van der Waals surface area contributed by atoms with Gasteiger partial charge in [-0.1, -0.05) is 6.07 Å². The SMILES string of the molecule is O=C(O)c1cccc2c1ccn2Cc1cc(F)ccc1OCc1cc(F)ccc1F. The summed E-state index contributed by atoms with van der Waals surface area (Å²) < 4.78 is 48.6. The molecule has 1 aromatic heterocycles. The van der Waals surface area contributed by atoms with E-state index in [1.54, 1.807) is 29.0 Å². The third-order valence-corrected chi connectivity index (χ3v) is 4.80. The fourth-order valence-electron chi connectivity index (χ4n) is 3.35. The Kier molecular flexibility index (Phi) is 5.18. The summed E-state index contributed by atoms with van der Waals surface area (Å²) in [5.41, 5.74) is 1.36. The Hall–Kier alpha value is -3.74. The molecule has 1 N–H and O–H groups in total. The van der Waals surface area contributed by atoms with Gasteiger partial charge >= 0.3 is 5.97 Å². The molecule has 0 saturated carbocycles. The summed E-state index contributed by atoms with van der Waals surface area (Å²) in [6.07, 6.45) is 1.71. The van der Waals surface area contributed by atoms with Gasteiger partial charge in [-0.3, -0.25) is 0 Å². The second kappa shape index (κ2) is 7.94. The van der Waals surface area contributed by atoms with E-state index in [1.165, 1.54) is 24.3 Å². The van der Waals surface area contributed by atoms with E-state index in [0.717, 1.165) is 18.2 Å². The molecule has 0 aliphatic carbocycles. The molecule has 0 fully saturated rings. The highest BCUT2D eigenvalue weighted by atomic mass is 19.1. The fraction of sp³-hybridized carbons (Fsp3) is 0.0870. The summed E-state index contributed by atoms with van der Waals surface area (Å²) in [6, 6.07) is 13.6. The van der Waals surface area contributed by atoms with E-state index in [2.05, 4.69) is 0 Å². The van der Waals surface area contributed by atoms with Gasteiger partial charge in [-0.2, -0.15) is 0 Å². The molecule has 0 aliphatic heterocycles. The number of aromatic nitrogens is 1. The maximum Gasteiger partial charge on any atom is 0.336 e. The predicted molar refractivity (Wildman–Crippen MR) is 105 cm³/mol. The molecule has 4 rings (SSSR count). The van der Waals surface area contributed by atoms with Gasteiger partial charge in [-0.25, -0.2) is 18.0 Å². The van der Waals surface area contributed by atoms with Crippen molar-refractivity contribution in [3.8, 4) is 5.75 Å². The maximum atomic E-state index is 13.9. The molecule has 0 spiro atoms. The van der Waals surface area contributed by atoms with Crippen molar-refractivity contribution in [3.63, 3.8) is 0 Å². The number of hydrogen-bond acceptors (Lipinski definition) is 2. The molecule has 0 amide bonds. The van der Waals surface area contributed by atoms with Crippen LogP contribution in [0.1, 0.15) is 21.5 Å². The van der Waals surface area contributed by atoms with Crippen LogP contribution >= 0.6 is 0 Å². The minimum Gasteiger partial charge on any atom is -0.488 e. The van der Waals surface area contributed by atoms with Crippen molar-refractivity contribution in [3.05, 3.63) is 101 Å². The molecule has 4 nitrogen and oxygen atoms in total. The number of carboxylic acid groups (broad SMARTS) is 1. The van der Waals surface area contributed by atoms with Crippen molar-refractivity contribution in [2.45, 2.75) is 13.2 Å². The van der Waals surface area contributed by atoms with Gasteiger partial charge in [0.25, 0.3) is 0 Å². The summed E-state index contributed by atoms with van der Waals surface area (Å²) in [5.74, 6) is -2.38. The van der Waals surface area contributed by atoms with Gasteiger partial charge in [-0.05, 0) is 54.6 Å². The monoisotopic (exact) mass is 411 g/mol. The molecule has 0 aliphatic rings. The third kappa shape index (κ3) is 3.87. The first-order valence-corrected chi connectivity index (χ1v) is 9.08. The van der Waals surface area contributed by atoms with E-state index in [4.69, 9.17) is 4.74 Å². The van der Waals surface area contributed by atoms with Gasteiger partial charge in [-0.15, -0.1) is 0 Å². The molecule has 0 radical (unpaired) electrons. The van der Waals surface area contributed by atoms with Crippen LogP contribution in [0, 0.1) is 17.5 Å². The standard InChI is InChI=1S/C23H16F3NO3/c24-16-4-6-20(26)15(11-16)13-30-22-7-5-17(25)10-14(22)12-27-9-8-18-19(23(28)29)2-1-3-21(18)27/h1-11H,12-13H2,(H,28,29). The van der Waals surface area contributed by atoms with Crippen LogP contribution in [0.4, 0.5) is 13.2 Å². The molecule has 1 heterocycles. The van der Waals surface area contributed by atoms with Crippen LogP contribution in [0.15, 0.2) is 66.9 Å². The van der Waals surface area contributed by atoms with Crippen LogP contribution in [0.5, 0.6) is 5.75 Å². The molecule has 0 unspecified atom stereocenters. The van der Waals surface area contributed by atoms with Crippen molar-refractivity contribution in [2.75, 3.05) is 0 Å². The lowest BCUT2D eigenvalue weighted by Crippen LogP contribution is -2.05. The number of carboxylic acids is 1. The van der Waals surface area contributed by atoms with Crippen molar-refractivity contribution in [1.82, 2.24) is 4.57 Å². The maximum absolute atomic E-state index is 13.9. The Bertz CT molecular complexity index is 1250. The Balaban J connectivity index is 1.64. The van der Waals surface area contributed by atoms with Crippen molar-refractivity contribution < 1.29 is 27.8 Å². The summed E-state index contributed by atoms with van der Waals surface area (Å²) >= 11 is 0. The van der Waals surface area contributed by atoms with Crippen LogP contribution < -0.4 is 4.74 Å². The zero-order valence-corrected chi connectivity index (χ0v) is 15.6. The second-order valence-corrected chi connectivity index (χ2v) is 6.76. The molecular weight excluding hydrogens is 395 g/mol. The topological polar surface area (TPSA) is 51.5 Å². The smallest absolute Gasteiger partial charge is 0.336 e. The number of aromatic carboxylic acids is 1.